The van der Waals surface area contributed by atoms with Crippen LogP contribution in [-0.4, -0.2) is 49.4 Å². The molecule has 34 heavy (non-hydrogen) atoms. The van der Waals surface area contributed by atoms with Crippen LogP contribution >= 0.6 is 0 Å². The number of amides is 1. The van der Waals surface area contributed by atoms with Crippen molar-refractivity contribution in [2.24, 2.45) is 17.5 Å². The quantitative estimate of drug-likeness (QED) is 0.224. The summed E-state index contributed by atoms with van der Waals surface area (Å²) in [6, 6.07) is 5.58. The number of amidine groups is 1. The Labute approximate surface area is 219 Å². The fraction of sp³-hybridized carbons (Fsp3) is 0.318. The fourth-order valence-electron chi connectivity index (χ4n) is 3.05. The number of benzene rings is 1. The number of anilines is 2. The van der Waals surface area contributed by atoms with Gasteiger partial charge in [-0.05, 0) is 24.1 Å². The third-order valence-electron chi connectivity index (χ3n) is 5.28. The summed E-state index contributed by atoms with van der Waals surface area (Å²) >= 11 is 0. The van der Waals surface area contributed by atoms with Gasteiger partial charge in [0.05, 0.1) is 18.6 Å². The Morgan fingerprint density at radius 1 is 1.35 bits per heavy atom. The molecule has 0 atom stereocenters. The number of aromatic nitrogens is 5. The zero-order valence-electron chi connectivity index (χ0n) is 18.7. The predicted octanol–water partition coefficient (Wildman–Crippen LogP) is 2.61. The maximum Gasteiger partial charge on any atom is 2.00 e. The molecule has 3 aromatic rings. The van der Waals surface area contributed by atoms with Crippen molar-refractivity contribution in [2.45, 2.75) is 26.3 Å². The summed E-state index contributed by atoms with van der Waals surface area (Å²) < 4.78 is 14.5. The Morgan fingerprint density at radius 3 is 2.79 bits per heavy atom. The molecule has 1 fully saturated rings. The van der Waals surface area contributed by atoms with Gasteiger partial charge in [-0.25, -0.2) is 9.97 Å². The van der Waals surface area contributed by atoms with E-state index in [1.807, 2.05) is 32.2 Å². The Hall–Kier alpha value is -2.97. The van der Waals surface area contributed by atoms with E-state index in [2.05, 4.69) is 41.9 Å². The third-order valence-corrected chi connectivity index (χ3v) is 5.28. The standard InChI is InChI=1S/C22H22FN9O.U/c1-14-7-15(19-27-13-28-21(31-19)30-17-9-29-32(2)10-17)3-4-16(14)8-25-20(33)18(24)26-12-22(11-23)5-6-22;/h3-4,7,9-10,13H,5-6,8,11H2,1-2H3,(H,25,33)(H,27,28,30,31);/q-2;+2. The second-order valence-corrected chi connectivity index (χ2v) is 7.95. The van der Waals surface area contributed by atoms with Crippen LogP contribution in [0.4, 0.5) is 16.0 Å². The first-order valence-electron chi connectivity index (χ1n) is 10.3. The molecule has 2 N–H and O–H groups in total. The largest absolute Gasteiger partial charge is 2.00 e. The number of rotatable bonds is 7. The summed E-state index contributed by atoms with van der Waals surface area (Å²) in [5.74, 6) is -0.592. The Balaban J connectivity index is 0.00000324. The van der Waals surface area contributed by atoms with E-state index in [9.17, 15) is 14.6 Å². The van der Waals surface area contributed by atoms with Gasteiger partial charge in [-0.2, -0.15) is 15.9 Å². The molecule has 0 spiro atoms. The van der Waals surface area contributed by atoms with Gasteiger partial charge in [0, 0.05) is 25.4 Å². The smallest absolute Gasteiger partial charge is 0.636 e. The number of hydrogen-bond donors (Lipinski definition) is 2. The average molecular weight is 686 g/mol. The molecular weight excluding hydrogens is 663 g/mol. The Bertz CT molecular complexity index is 1220. The van der Waals surface area contributed by atoms with Gasteiger partial charge in [0.2, 0.25) is 5.95 Å². The van der Waals surface area contributed by atoms with Crippen molar-refractivity contribution >= 4 is 29.6 Å². The zero-order chi connectivity index (χ0) is 23.4. The topological polar surface area (TPSA) is 132 Å². The molecule has 0 unspecified atom stereocenters. The van der Waals surface area contributed by atoms with E-state index < -0.39 is 23.8 Å². The maximum absolute atomic E-state index is 12.8. The summed E-state index contributed by atoms with van der Waals surface area (Å²) in [6.45, 7) is 1.48. The maximum atomic E-state index is 12.8. The second kappa shape index (κ2) is 11.0. The number of aliphatic imine (C=N–C) groups is 1. The molecule has 1 aromatic carbocycles. The zero-order valence-corrected chi connectivity index (χ0v) is 22.9. The van der Waals surface area contributed by atoms with Crippen molar-refractivity contribution in [2.75, 3.05) is 12.0 Å². The van der Waals surface area contributed by atoms with E-state index in [4.69, 9.17) is 0 Å². The summed E-state index contributed by atoms with van der Waals surface area (Å²) in [7, 11) is 1.82. The molecular formula is C22H22FN9OU. The van der Waals surface area contributed by atoms with Crippen LogP contribution in [0.1, 0.15) is 24.0 Å². The van der Waals surface area contributed by atoms with E-state index in [0.717, 1.165) is 22.4 Å². The van der Waals surface area contributed by atoms with Crippen molar-refractivity contribution in [1.82, 2.24) is 30.0 Å². The van der Waals surface area contributed by atoms with Crippen LogP contribution in [0.2, 0.25) is 0 Å². The van der Waals surface area contributed by atoms with Crippen molar-refractivity contribution in [3.8, 4) is 11.4 Å². The molecule has 10 nitrogen and oxygen atoms in total. The van der Waals surface area contributed by atoms with Crippen LogP contribution in [-0.2, 0) is 18.4 Å². The van der Waals surface area contributed by atoms with Gasteiger partial charge in [0.15, 0.2) is 11.7 Å². The molecule has 1 amide bonds. The first kappa shape index (κ1) is 25.7. The molecule has 12 heteroatoms. The van der Waals surface area contributed by atoms with Gasteiger partial charge in [0.25, 0.3) is 0 Å². The first-order chi connectivity index (χ1) is 15.9. The molecule has 1 aliphatic rings. The second-order valence-electron chi connectivity index (χ2n) is 7.95. The molecule has 4 rings (SSSR count). The number of nitrogens with one attached hydrogen (secondary N) is 2. The SMILES string of the molecule is Cc1cc(-c2ncnc(Nc3cnn(C)c3)n2)ccc1CNC(=O)C(=[N-])N=[C-]C1(CF)CC1.[U+2]. The Morgan fingerprint density at radius 2 is 2.15 bits per heavy atom. The predicted molar refractivity (Wildman–Crippen MR) is 122 cm³/mol. The number of halogens is 1. The van der Waals surface area contributed by atoms with E-state index in [-0.39, 0.29) is 37.7 Å². The van der Waals surface area contributed by atoms with Gasteiger partial charge in [-0.1, -0.05) is 30.4 Å². The first-order valence-corrected chi connectivity index (χ1v) is 10.3. The van der Waals surface area contributed by atoms with Crippen LogP contribution < -0.4 is 10.6 Å². The average Bonchev–Trinajstić information content (AvgIpc) is 3.50. The fourth-order valence-corrected chi connectivity index (χ4v) is 3.05. The Kier molecular flexibility index (Phi) is 8.28. The summed E-state index contributed by atoms with van der Waals surface area (Å²) in [5, 5.41) is 19.6. The van der Waals surface area contributed by atoms with Crippen molar-refractivity contribution < 1.29 is 40.3 Å². The molecule has 0 radical (unpaired) electrons. The van der Waals surface area contributed by atoms with Crippen molar-refractivity contribution in [1.29, 1.82) is 0 Å². The summed E-state index contributed by atoms with van der Waals surface area (Å²) in [5.41, 5.74) is 2.56. The van der Waals surface area contributed by atoms with Gasteiger partial charge in [-0.15, -0.1) is 0 Å². The molecule has 1 saturated carbocycles. The molecule has 0 bridgehead atoms. The molecule has 2 aromatic heterocycles. The number of carbonyl (C=O) groups excluding carboxylic acids is 1. The van der Waals surface area contributed by atoms with Crippen LogP contribution in [0.3, 0.4) is 0 Å². The molecule has 172 valence electrons. The molecule has 0 saturated heterocycles. The number of nitrogens with zero attached hydrogens (tertiary/aromatic N) is 7. The van der Waals surface area contributed by atoms with Gasteiger partial charge < -0.3 is 21.0 Å². The van der Waals surface area contributed by atoms with E-state index in [1.165, 1.54) is 6.33 Å². The van der Waals surface area contributed by atoms with E-state index in [0.29, 0.717) is 24.6 Å². The van der Waals surface area contributed by atoms with Crippen LogP contribution in [0.25, 0.3) is 16.8 Å². The number of hydrogen-bond acceptors (Lipinski definition) is 6. The third kappa shape index (κ3) is 6.33. The monoisotopic (exact) mass is 685 g/mol. The minimum Gasteiger partial charge on any atom is -0.636 e. The molecule has 2 heterocycles. The van der Waals surface area contributed by atoms with Crippen LogP contribution in [0, 0.1) is 43.5 Å². The molecule has 0 aliphatic heterocycles. The van der Waals surface area contributed by atoms with Crippen LogP contribution in [0.5, 0.6) is 0 Å². The number of aryl methyl sites for hydroxylation is 2. The van der Waals surface area contributed by atoms with E-state index in [1.54, 1.807) is 17.1 Å². The van der Waals surface area contributed by atoms with Gasteiger partial charge in [0.1, 0.15) is 6.33 Å². The number of alkyl halides is 1. The van der Waals surface area contributed by atoms with Gasteiger partial charge >= 0.3 is 31.1 Å². The van der Waals surface area contributed by atoms with Crippen molar-refractivity contribution in [3.05, 3.63) is 53.5 Å². The minimum absolute atomic E-state index is 0. The van der Waals surface area contributed by atoms with E-state index >= 15 is 0 Å². The molecule has 1 aliphatic carbocycles. The number of carbonyl (C=O) groups is 1. The van der Waals surface area contributed by atoms with Gasteiger partial charge in [-0.3, -0.25) is 20.1 Å². The van der Waals surface area contributed by atoms with Crippen molar-refractivity contribution in [3.63, 3.8) is 0 Å². The minimum atomic E-state index is -0.746. The normalized spacial score (nSPS) is 13.9. The summed E-state index contributed by atoms with van der Waals surface area (Å²) in [6.07, 6.45) is 8.67. The summed E-state index contributed by atoms with van der Waals surface area (Å²) in [4.78, 5) is 28.5. The van der Waals surface area contributed by atoms with Crippen LogP contribution in [0.15, 0.2) is 41.9 Å².